The van der Waals surface area contributed by atoms with Crippen molar-refractivity contribution in [2.45, 2.75) is 32.9 Å². The van der Waals surface area contributed by atoms with Gasteiger partial charge in [-0.3, -0.25) is 0 Å². The van der Waals surface area contributed by atoms with Gasteiger partial charge in [0.15, 0.2) is 0 Å². The molecule has 0 aliphatic rings. The summed E-state index contributed by atoms with van der Waals surface area (Å²) in [6.45, 7) is 6.27. The van der Waals surface area contributed by atoms with Gasteiger partial charge in [-0.25, -0.2) is 9.97 Å². The molecule has 1 aromatic heterocycles. The van der Waals surface area contributed by atoms with Crippen LogP contribution >= 0.6 is 15.9 Å². The van der Waals surface area contributed by atoms with Crippen molar-refractivity contribution in [3.05, 3.63) is 22.7 Å². The molecule has 1 rings (SSSR count). The Labute approximate surface area is 87.1 Å². The van der Waals surface area contributed by atoms with Gasteiger partial charge in [0.05, 0.1) is 10.5 Å². The first kappa shape index (κ1) is 10.6. The van der Waals surface area contributed by atoms with E-state index in [9.17, 15) is 0 Å². The summed E-state index contributed by atoms with van der Waals surface area (Å²) >= 11 is 3.30. The van der Waals surface area contributed by atoms with Gasteiger partial charge >= 0.3 is 0 Å². The molecule has 0 aliphatic heterocycles. The van der Waals surface area contributed by atoms with Crippen molar-refractivity contribution in [3.8, 4) is 0 Å². The van der Waals surface area contributed by atoms with Gasteiger partial charge in [0.1, 0.15) is 5.82 Å². The fraction of sp³-hybridized carbons (Fsp3) is 0.556. The lowest BCUT2D eigenvalue weighted by Gasteiger charge is -2.14. The molecule has 3 nitrogen and oxygen atoms in total. The molecule has 0 aromatic carbocycles. The van der Waals surface area contributed by atoms with Crippen molar-refractivity contribution in [2.75, 3.05) is 0 Å². The lowest BCUT2D eigenvalue weighted by molar-refractivity contribution is 0.487. The number of aromatic nitrogens is 2. The molecule has 1 atom stereocenters. The van der Waals surface area contributed by atoms with Gasteiger partial charge in [-0.1, -0.05) is 13.8 Å². The van der Waals surface area contributed by atoms with Crippen LogP contribution in [-0.2, 0) is 0 Å². The third-order valence-electron chi connectivity index (χ3n) is 1.61. The van der Waals surface area contributed by atoms with E-state index in [1.54, 1.807) is 12.4 Å². The third kappa shape index (κ3) is 3.40. The Kier molecular flexibility index (Phi) is 3.81. The number of nitrogens with one attached hydrogen (secondary N) is 1. The molecule has 0 amide bonds. The van der Waals surface area contributed by atoms with Gasteiger partial charge in [0.2, 0.25) is 0 Å². The molecule has 1 unspecified atom stereocenters. The normalized spacial score (nSPS) is 13.3. The Hall–Kier alpha value is -0.480. The van der Waals surface area contributed by atoms with Crippen LogP contribution in [-0.4, -0.2) is 16.0 Å². The van der Waals surface area contributed by atoms with E-state index in [2.05, 4.69) is 52.0 Å². The van der Waals surface area contributed by atoms with Crippen molar-refractivity contribution in [2.24, 2.45) is 0 Å². The highest BCUT2D eigenvalue weighted by Gasteiger charge is 2.08. The van der Waals surface area contributed by atoms with Gasteiger partial charge in [0, 0.05) is 18.4 Å². The first-order valence-corrected chi connectivity index (χ1v) is 5.12. The monoisotopic (exact) mass is 243 g/mol. The maximum atomic E-state index is 4.21. The van der Waals surface area contributed by atoms with Crippen LogP contribution in [0.1, 0.15) is 32.6 Å². The standard InChI is InChI=1S/C9H14BrN3/c1-6(2)13-7(3)9-11-4-8(10)5-12-9/h4-7,13H,1-3H3. The van der Waals surface area contributed by atoms with Crippen LogP contribution in [0.2, 0.25) is 0 Å². The van der Waals surface area contributed by atoms with Crippen LogP contribution < -0.4 is 5.32 Å². The Morgan fingerprint density at radius 3 is 2.23 bits per heavy atom. The zero-order valence-electron chi connectivity index (χ0n) is 8.08. The largest absolute Gasteiger partial charge is 0.305 e. The highest BCUT2D eigenvalue weighted by molar-refractivity contribution is 9.10. The maximum absolute atomic E-state index is 4.21. The first-order valence-electron chi connectivity index (χ1n) is 4.33. The fourth-order valence-corrected chi connectivity index (χ4v) is 1.33. The molecule has 0 spiro atoms. The summed E-state index contributed by atoms with van der Waals surface area (Å²) in [5.74, 6) is 0.830. The van der Waals surface area contributed by atoms with Crippen LogP contribution in [0.15, 0.2) is 16.9 Å². The SMILES string of the molecule is CC(C)NC(C)c1ncc(Br)cn1. The van der Waals surface area contributed by atoms with Crippen LogP contribution in [0.25, 0.3) is 0 Å². The second-order valence-electron chi connectivity index (χ2n) is 3.30. The Morgan fingerprint density at radius 2 is 1.77 bits per heavy atom. The van der Waals surface area contributed by atoms with Crippen molar-refractivity contribution in [1.82, 2.24) is 15.3 Å². The number of hydrogen-bond donors (Lipinski definition) is 1. The third-order valence-corrected chi connectivity index (χ3v) is 2.02. The Balaban J connectivity index is 2.66. The molecule has 1 heterocycles. The van der Waals surface area contributed by atoms with E-state index in [-0.39, 0.29) is 6.04 Å². The molecule has 0 radical (unpaired) electrons. The maximum Gasteiger partial charge on any atom is 0.144 e. The van der Waals surface area contributed by atoms with Crippen molar-refractivity contribution >= 4 is 15.9 Å². The van der Waals surface area contributed by atoms with E-state index >= 15 is 0 Å². The molecule has 1 aromatic rings. The topological polar surface area (TPSA) is 37.8 Å². The average molecular weight is 244 g/mol. The molecule has 0 bridgehead atoms. The first-order chi connectivity index (χ1) is 6.09. The molecule has 0 saturated carbocycles. The summed E-state index contributed by atoms with van der Waals surface area (Å²) in [7, 11) is 0. The molecule has 4 heteroatoms. The summed E-state index contributed by atoms with van der Waals surface area (Å²) in [5, 5.41) is 3.34. The molecular formula is C9H14BrN3. The molecule has 72 valence electrons. The smallest absolute Gasteiger partial charge is 0.144 e. The summed E-state index contributed by atoms with van der Waals surface area (Å²) in [6.07, 6.45) is 3.53. The van der Waals surface area contributed by atoms with Crippen LogP contribution in [0, 0.1) is 0 Å². The van der Waals surface area contributed by atoms with Crippen molar-refractivity contribution in [1.29, 1.82) is 0 Å². The van der Waals surface area contributed by atoms with E-state index in [1.807, 2.05) is 0 Å². The van der Waals surface area contributed by atoms with Gasteiger partial charge in [-0.2, -0.15) is 0 Å². The van der Waals surface area contributed by atoms with Gasteiger partial charge < -0.3 is 5.32 Å². The van der Waals surface area contributed by atoms with Gasteiger partial charge in [-0.05, 0) is 22.9 Å². The van der Waals surface area contributed by atoms with E-state index in [0.29, 0.717) is 6.04 Å². The molecule has 0 aliphatic carbocycles. The second-order valence-corrected chi connectivity index (χ2v) is 4.22. The molecular weight excluding hydrogens is 230 g/mol. The molecule has 0 fully saturated rings. The van der Waals surface area contributed by atoms with Crippen LogP contribution in [0.4, 0.5) is 0 Å². The van der Waals surface area contributed by atoms with Crippen LogP contribution in [0.3, 0.4) is 0 Å². The van der Waals surface area contributed by atoms with Crippen molar-refractivity contribution < 1.29 is 0 Å². The second kappa shape index (κ2) is 4.67. The fourth-order valence-electron chi connectivity index (χ4n) is 1.12. The summed E-state index contributed by atoms with van der Waals surface area (Å²) < 4.78 is 0.910. The molecule has 1 N–H and O–H groups in total. The Morgan fingerprint density at radius 1 is 1.23 bits per heavy atom. The van der Waals surface area contributed by atoms with Gasteiger partial charge in [-0.15, -0.1) is 0 Å². The zero-order valence-corrected chi connectivity index (χ0v) is 9.67. The number of rotatable bonds is 3. The van der Waals surface area contributed by atoms with E-state index in [4.69, 9.17) is 0 Å². The summed E-state index contributed by atoms with van der Waals surface area (Å²) in [5.41, 5.74) is 0. The van der Waals surface area contributed by atoms with E-state index in [0.717, 1.165) is 10.3 Å². The zero-order chi connectivity index (χ0) is 9.84. The highest BCUT2D eigenvalue weighted by Crippen LogP contribution is 2.10. The minimum atomic E-state index is 0.202. The predicted octanol–water partition coefficient (Wildman–Crippen LogP) is 2.30. The predicted molar refractivity (Wildman–Crippen MR) is 56.4 cm³/mol. The van der Waals surface area contributed by atoms with Gasteiger partial charge in [0.25, 0.3) is 0 Å². The number of nitrogens with zero attached hydrogens (tertiary/aromatic N) is 2. The van der Waals surface area contributed by atoms with E-state index in [1.165, 1.54) is 0 Å². The molecule has 13 heavy (non-hydrogen) atoms. The lowest BCUT2D eigenvalue weighted by Crippen LogP contribution is -2.27. The minimum Gasteiger partial charge on any atom is -0.305 e. The van der Waals surface area contributed by atoms with Crippen LogP contribution in [0.5, 0.6) is 0 Å². The molecule has 0 saturated heterocycles. The minimum absolute atomic E-state index is 0.202. The number of hydrogen-bond acceptors (Lipinski definition) is 3. The summed E-state index contributed by atoms with van der Waals surface area (Å²) in [4.78, 5) is 8.42. The van der Waals surface area contributed by atoms with Crippen molar-refractivity contribution in [3.63, 3.8) is 0 Å². The summed E-state index contributed by atoms with van der Waals surface area (Å²) in [6, 6.07) is 0.648. The van der Waals surface area contributed by atoms with E-state index < -0.39 is 0 Å². The Bertz CT molecular complexity index is 258. The average Bonchev–Trinajstić information content (AvgIpc) is 2.04. The number of halogens is 1. The quantitative estimate of drug-likeness (QED) is 0.886. The lowest BCUT2D eigenvalue weighted by atomic mass is 10.2. The highest BCUT2D eigenvalue weighted by atomic mass is 79.9.